The molecule has 0 saturated carbocycles. The van der Waals surface area contributed by atoms with Crippen molar-refractivity contribution in [2.45, 2.75) is 78.0 Å². The summed E-state index contributed by atoms with van der Waals surface area (Å²) in [4.78, 5) is 2.64. The second-order valence-corrected chi connectivity index (χ2v) is 14.6. The molecule has 0 aliphatic carbocycles. The highest BCUT2D eigenvalue weighted by atomic mass is 31.1. The van der Waals surface area contributed by atoms with E-state index in [-0.39, 0.29) is 15.8 Å². The normalized spacial score (nSPS) is 13.1. The molecule has 0 fully saturated rings. The van der Waals surface area contributed by atoms with E-state index in [9.17, 15) is 0 Å². The number of nitrogens with zero attached hydrogens (tertiary/aromatic N) is 1. The zero-order valence-electron chi connectivity index (χ0n) is 16.5. The van der Waals surface area contributed by atoms with Crippen LogP contribution >= 0.6 is 15.8 Å². The van der Waals surface area contributed by atoms with Crippen LogP contribution in [-0.4, -0.2) is 66.0 Å². The van der Waals surface area contributed by atoms with Gasteiger partial charge in [0.05, 0.1) is 0 Å². The highest BCUT2D eigenvalue weighted by Crippen LogP contribution is 2.46. The lowest BCUT2D eigenvalue weighted by molar-refractivity contribution is 0.316. The SMILES string of the molecule is CC(C)P(CCN(CCN)CCP(C(C)C)C(C)C)C(C)C. The average molecular weight is 348 g/mol. The van der Waals surface area contributed by atoms with Gasteiger partial charge < -0.3 is 10.6 Å². The zero-order valence-corrected chi connectivity index (χ0v) is 18.3. The molecule has 0 aromatic rings. The summed E-state index contributed by atoms with van der Waals surface area (Å²) >= 11 is 0. The molecule has 22 heavy (non-hydrogen) atoms. The maximum atomic E-state index is 5.85. The Balaban J connectivity index is 4.47. The summed E-state index contributed by atoms with van der Waals surface area (Å²) < 4.78 is 0. The van der Waals surface area contributed by atoms with E-state index >= 15 is 0 Å². The molecule has 0 aromatic carbocycles. The van der Waals surface area contributed by atoms with Crippen molar-refractivity contribution in [3.8, 4) is 0 Å². The summed E-state index contributed by atoms with van der Waals surface area (Å²) in [6.07, 6.45) is 2.76. The van der Waals surface area contributed by atoms with Crippen molar-refractivity contribution in [1.29, 1.82) is 0 Å². The predicted molar refractivity (Wildman–Crippen MR) is 110 cm³/mol. The molecule has 2 N–H and O–H groups in total. The molecular weight excluding hydrogens is 306 g/mol. The topological polar surface area (TPSA) is 29.3 Å². The van der Waals surface area contributed by atoms with Crippen LogP contribution in [0.5, 0.6) is 0 Å². The maximum absolute atomic E-state index is 5.85. The fourth-order valence-corrected chi connectivity index (χ4v) is 8.74. The van der Waals surface area contributed by atoms with Gasteiger partial charge in [0.25, 0.3) is 0 Å². The van der Waals surface area contributed by atoms with Gasteiger partial charge in [-0.2, -0.15) is 0 Å². The highest BCUT2D eigenvalue weighted by Gasteiger charge is 2.20. The van der Waals surface area contributed by atoms with Crippen molar-refractivity contribution in [3.05, 3.63) is 0 Å². The van der Waals surface area contributed by atoms with E-state index in [2.05, 4.69) is 60.3 Å². The fraction of sp³-hybridized carbons (Fsp3) is 1.00. The Morgan fingerprint density at radius 1 is 0.636 bits per heavy atom. The van der Waals surface area contributed by atoms with Crippen molar-refractivity contribution < 1.29 is 0 Å². The van der Waals surface area contributed by atoms with Crippen LogP contribution in [0.4, 0.5) is 0 Å². The van der Waals surface area contributed by atoms with Crippen LogP contribution in [0.2, 0.25) is 0 Å². The zero-order chi connectivity index (χ0) is 17.3. The molecule has 0 radical (unpaired) electrons. The molecule has 0 aliphatic rings. The first-order valence-corrected chi connectivity index (χ1v) is 12.5. The first-order chi connectivity index (χ1) is 10.2. The van der Waals surface area contributed by atoms with Gasteiger partial charge in [0, 0.05) is 26.2 Å². The Kier molecular flexibility index (Phi) is 12.6. The van der Waals surface area contributed by atoms with Gasteiger partial charge in [0.2, 0.25) is 0 Å². The smallest absolute Gasteiger partial charge is 0.0105 e. The lowest BCUT2D eigenvalue weighted by Gasteiger charge is -2.32. The van der Waals surface area contributed by atoms with Crippen LogP contribution in [0.15, 0.2) is 0 Å². The van der Waals surface area contributed by atoms with Crippen molar-refractivity contribution >= 4 is 15.8 Å². The fourth-order valence-electron chi connectivity index (χ4n) is 3.26. The minimum Gasteiger partial charge on any atom is -0.329 e. The molecule has 0 aromatic heterocycles. The minimum absolute atomic E-state index is 0.150. The van der Waals surface area contributed by atoms with Crippen LogP contribution in [0.25, 0.3) is 0 Å². The number of rotatable bonds is 12. The van der Waals surface area contributed by atoms with Gasteiger partial charge in [-0.1, -0.05) is 55.4 Å². The summed E-state index contributed by atoms with van der Waals surface area (Å²) in [6, 6.07) is 0. The monoisotopic (exact) mass is 348 g/mol. The van der Waals surface area contributed by atoms with Gasteiger partial charge in [0.1, 0.15) is 0 Å². The van der Waals surface area contributed by atoms with Crippen LogP contribution < -0.4 is 5.73 Å². The van der Waals surface area contributed by atoms with E-state index in [1.165, 1.54) is 25.4 Å². The summed E-state index contributed by atoms with van der Waals surface area (Å²) in [6.45, 7) is 23.5. The van der Waals surface area contributed by atoms with Gasteiger partial charge in [-0.3, -0.25) is 0 Å². The molecule has 0 rings (SSSR count). The number of hydrogen-bond acceptors (Lipinski definition) is 2. The Morgan fingerprint density at radius 3 is 1.18 bits per heavy atom. The van der Waals surface area contributed by atoms with Crippen LogP contribution in [0.1, 0.15) is 55.4 Å². The number of hydrogen-bond donors (Lipinski definition) is 1. The molecule has 0 amide bonds. The second-order valence-electron chi connectivity index (χ2n) is 7.48. The molecule has 4 heteroatoms. The third-order valence-corrected chi connectivity index (χ3v) is 11.2. The van der Waals surface area contributed by atoms with E-state index in [1.807, 2.05) is 0 Å². The first kappa shape index (κ1) is 22.8. The summed E-state index contributed by atoms with van der Waals surface area (Å²) in [5, 5.41) is 0. The predicted octanol–water partition coefficient (Wildman–Crippen LogP) is 4.84. The lowest BCUT2D eigenvalue weighted by atomic mass is 10.5. The third kappa shape index (κ3) is 9.17. The van der Waals surface area contributed by atoms with Gasteiger partial charge in [0.15, 0.2) is 0 Å². The van der Waals surface area contributed by atoms with E-state index in [1.54, 1.807) is 0 Å². The van der Waals surface area contributed by atoms with Crippen molar-refractivity contribution in [2.24, 2.45) is 5.73 Å². The van der Waals surface area contributed by atoms with E-state index in [0.29, 0.717) is 0 Å². The largest absolute Gasteiger partial charge is 0.329 e. The molecule has 0 unspecified atom stereocenters. The van der Waals surface area contributed by atoms with Gasteiger partial charge in [-0.05, 0) is 35.0 Å². The molecule has 2 nitrogen and oxygen atoms in total. The molecule has 0 bridgehead atoms. The number of nitrogens with two attached hydrogens (primary N) is 1. The van der Waals surface area contributed by atoms with Gasteiger partial charge in [-0.25, -0.2) is 0 Å². The van der Waals surface area contributed by atoms with Crippen LogP contribution in [0, 0.1) is 0 Å². The molecule has 0 aliphatic heterocycles. The van der Waals surface area contributed by atoms with E-state index in [4.69, 9.17) is 5.73 Å². The van der Waals surface area contributed by atoms with Gasteiger partial charge >= 0.3 is 0 Å². The van der Waals surface area contributed by atoms with Gasteiger partial charge in [-0.15, -0.1) is 15.8 Å². The van der Waals surface area contributed by atoms with E-state index in [0.717, 1.165) is 35.7 Å². The molecular formula is C18H42N2P2. The Hall–Kier alpha value is 0.780. The van der Waals surface area contributed by atoms with Crippen LogP contribution in [0.3, 0.4) is 0 Å². The van der Waals surface area contributed by atoms with Crippen molar-refractivity contribution in [1.82, 2.24) is 4.90 Å². The standard InChI is InChI=1S/C18H42N2P2/c1-15(2)21(16(3)4)13-11-20(10-9-19)12-14-22(17(5)6)18(7)8/h15-18H,9-14,19H2,1-8H3. The van der Waals surface area contributed by atoms with Crippen molar-refractivity contribution in [3.63, 3.8) is 0 Å². The highest BCUT2D eigenvalue weighted by molar-refractivity contribution is 7.59. The second kappa shape index (κ2) is 12.2. The average Bonchev–Trinajstić information content (AvgIpc) is 2.37. The Labute approximate surface area is 143 Å². The molecule has 0 spiro atoms. The maximum Gasteiger partial charge on any atom is 0.0105 e. The summed E-state index contributed by atoms with van der Waals surface area (Å²) in [7, 11) is 0.300. The lowest BCUT2D eigenvalue weighted by Crippen LogP contribution is -2.35. The minimum atomic E-state index is 0.150. The summed E-state index contributed by atoms with van der Waals surface area (Å²) in [5.74, 6) is 0. The Bertz CT molecular complexity index is 228. The molecule has 0 heterocycles. The molecule has 134 valence electrons. The van der Waals surface area contributed by atoms with Crippen LogP contribution in [-0.2, 0) is 0 Å². The third-order valence-electron chi connectivity index (χ3n) is 4.45. The quantitative estimate of drug-likeness (QED) is 0.511. The molecule has 0 saturated heterocycles. The molecule has 0 atom stereocenters. The Morgan fingerprint density at radius 2 is 0.955 bits per heavy atom. The summed E-state index contributed by atoms with van der Waals surface area (Å²) in [5.41, 5.74) is 9.23. The van der Waals surface area contributed by atoms with Crippen molar-refractivity contribution in [2.75, 3.05) is 38.5 Å². The first-order valence-electron chi connectivity index (χ1n) is 9.14. The van der Waals surface area contributed by atoms with E-state index < -0.39 is 0 Å².